The highest BCUT2D eigenvalue weighted by Crippen LogP contribution is 2.20. The van der Waals surface area contributed by atoms with Crippen molar-refractivity contribution in [2.24, 2.45) is 0 Å². The molecule has 0 amide bonds. The Morgan fingerprint density at radius 2 is 1.95 bits per heavy atom. The molecule has 0 aliphatic rings. The molecule has 0 radical (unpaired) electrons. The van der Waals surface area contributed by atoms with Gasteiger partial charge < -0.3 is 5.32 Å². The second-order valence-electron chi connectivity index (χ2n) is 4.78. The molecule has 0 saturated heterocycles. The van der Waals surface area contributed by atoms with E-state index >= 15 is 0 Å². The summed E-state index contributed by atoms with van der Waals surface area (Å²) in [7, 11) is 0. The van der Waals surface area contributed by atoms with Gasteiger partial charge in [-0.25, -0.2) is 9.50 Å². The third kappa shape index (κ3) is 2.50. The molecular formula is C16H18N4. The van der Waals surface area contributed by atoms with Crippen LogP contribution < -0.4 is 5.32 Å². The second kappa shape index (κ2) is 5.74. The largest absolute Gasteiger partial charge is 0.369 e. The summed E-state index contributed by atoms with van der Waals surface area (Å²) in [5.41, 5.74) is 3.00. The molecule has 2 heterocycles. The van der Waals surface area contributed by atoms with Crippen LogP contribution in [0.15, 0.2) is 48.7 Å². The van der Waals surface area contributed by atoms with Gasteiger partial charge in [-0.15, -0.1) is 5.10 Å². The highest BCUT2D eigenvalue weighted by molar-refractivity contribution is 5.63. The summed E-state index contributed by atoms with van der Waals surface area (Å²) in [6.07, 6.45) is 4.19. The van der Waals surface area contributed by atoms with Crippen molar-refractivity contribution in [2.75, 3.05) is 11.9 Å². The molecule has 0 bridgehead atoms. The minimum absolute atomic E-state index is 0.866. The van der Waals surface area contributed by atoms with Crippen LogP contribution in [0.2, 0.25) is 0 Å². The van der Waals surface area contributed by atoms with Gasteiger partial charge in [0.2, 0.25) is 0 Å². The lowest BCUT2D eigenvalue weighted by atomic mass is 10.2. The van der Waals surface area contributed by atoms with Gasteiger partial charge in [0.25, 0.3) is 0 Å². The Hall–Kier alpha value is -2.36. The Bertz CT molecular complexity index is 688. The van der Waals surface area contributed by atoms with Crippen molar-refractivity contribution in [2.45, 2.75) is 19.8 Å². The van der Waals surface area contributed by atoms with Gasteiger partial charge in [0.1, 0.15) is 5.82 Å². The molecule has 2 aromatic heterocycles. The predicted molar refractivity (Wildman–Crippen MR) is 81.8 cm³/mol. The van der Waals surface area contributed by atoms with Gasteiger partial charge in [-0.1, -0.05) is 43.7 Å². The number of imidazole rings is 1. The smallest absolute Gasteiger partial charge is 0.154 e. The van der Waals surface area contributed by atoms with Crippen LogP contribution >= 0.6 is 0 Å². The van der Waals surface area contributed by atoms with Crippen LogP contribution in [0.5, 0.6) is 0 Å². The van der Waals surface area contributed by atoms with Gasteiger partial charge in [-0.2, -0.15) is 0 Å². The third-order valence-corrected chi connectivity index (χ3v) is 3.27. The molecule has 0 spiro atoms. The molecule has 1 aromatic carbocycles. The molecule has 1 N–H and O–H groups in total. The molecule has 0 atom stereocenters. The molecule has 102 valence electrons. The van der Waals surface area contributed by atoms with E-state index in [-0.39, 0.29) is 0 Å². The number of benzene rings is 1. The summed E-state index contributed by atoms with van der Waals surface area (Å²) in [6.45, 7) is 3.13. The van der Waals surface area contributed by atoms with Crippen molar-refractivity contribution in [3.8, 4) is 11.3 Å². The van der Waals surface area contributed by atoms with Crippen LogP contribution in [0.3, 0.4) is 0 Å². The number of aromatic nitrogens is 3. The zero-order chi connectivity index (χ0) is 13.8. The summed E-state index contributed by atoms with van der Waals surface area (Å²) in [4.78, 5) is 4.41. The van der Waals surface area contributed by atoms with Crippen molar-refractivity contribution in [1.29, 1.82) is 0 Å². The van der Waals surface area contributed by atoms with E-state index in [9.17, 15) is 0 Å². The number of anilines is 1. The molecule has 4 nitrogen and oxygen atoms in total. The first kappa shape index (κ1) is 12.7. The summed E-state index contributed by atoms with van der Waals surface area (Å²) in [6, 6.07) is 14.2. The quantitative estimate of drug-likeness (QED) is 0.717. The standard InChI is InChI=1S/C16H18N4/c1-2-3-11-17-15-9-10-16-18-12-14(20(16)19-15)13-7-5-4-6-8-13/h4-10,12H,2-3,11H2,1H3,(H,17,19). The fourth-order valence-corrected chi connectivity index (χ4v) is 2.17. The lowest BCUT2D eigenvalue weighted by molar-refractivity contribution is 0.823. The molecule has 3 rings (SSSR count). The Balaban J connectivity index is 1.96. The maximum absolute atomic E-state index is 4.63. The number of hydrogen-bond donors (Lipinski definition) is 1. The van der Waals surface area contributed by atoms with E-state index in [4.69, 9.17) is 0 Å². The average molecular weight is 266 g/mol. The van der Waals surface area contributed by atoms with Crippen molar-refractivity contribution in [1.82, 2.24) is 14.6 Å². The van der Waals surface area contributed by atoms with Crippen LogP contribution in [0, 0.1) is 0 Å². The summed E-state index contributed by atoms with van der Waals surface area (Å²) >= 11 is 0. The number of unbranched alkanes of at least 4 members (excludes halogenated alkanes) is 1. The summed E-state index contributed by atoms with van der Waals surface area (Å²) < 4.78 is 1.89. The van der Waals surface area contributed by atoms with Crippen molar-refractivity contribution in [3.63, 3.8) is 0 Å². The van der Waals surface area contributed by atoms with Crippen LogP contribution in [0.25, 0.3) is 16.9 Å². The van der Waals surface area contributed by atoms with E-state index in [0.29, 0.717) is 0 Å². The molecule has 4 heteroatoms. The maximum atomic E-state index is 4.63. The van der Waals surface area contributed by atoms with E-state index in [0.717, 1.165) is 35.7 Å². The van der Waals surface area contributed by atoms with Gasteiger partial charge in [0, 0.05) is 12.1 Å². The molecule has 0 aliphatic carbocycles. The first-order valence-corrected chi connectivity index (χ1v) is 7.02. The van der Waals surface area contributed by atoms with E-state index < -0.39 is 0 Å². The van der Waals surface area contributed by atoms with E-state index in [2.05, 4.69) is 34.5 Å². The molecule has 20 heavy (non-hydrogen) atoms. The molecular weight excluding hydrogens is 248 g/mol. The Morgan fingerprint density at radius 1 is 1.10 bits per heavy atom. The number of nitrogens with one attached hydrogen (secondary N) is 1. The van der Waals surface area contributed by atoms with Gasteiger partial charge in [-0.3, -0.25) is 0 Å². The molecule has 0 fully saturated rings. The maximum Gasteiger partial charge on any atom is 0.154 e. The van der Waals surface area contributed by atoms with Crippen molar-refractivity contribution in [3.05, 3.63) is 48.7 Å². The second-order valence-corrected chi connectivity index (χ2v) is 4.78. The zero-order valence-electron chi connectivity index (χ0n) is 11.6. The molecule has 3 aromatic rings. The fourth-order valence-electron chi connectivity index (χ4n) is 2.17. The Labute approximate surface area is 118 Å². The number of fused-ring (bicyclic) bond motifs is 1. The lowest BCUT2D eigenvalue weighted by Gasteiger charge is -2.06. The molecule has 0 saturated carbocycles. The van der Waals surface area contributed by atoms with Gasteiger partial charge >= 0.3 is 0 Å². The predicted octanol–water partition coefficient (Wildman–Crippen LogP) is 3.61. The SMILES string of the molecule is CCCCNc1ccc2ncc(-c3ccccc3)n2n1. The molecule has 0 aliphatic heterocycles. The number of nitrogens with zero attached hydrogens (tertiary/aromatic N) is 3. The minimum atomic E-state index is 0.866. The first-order chi connectivity index (χ1) is 9.88. The van der Waals surface area contributed by atoms with E-state index in [1.54, 1.807) is 0 Å². The summed E-state index contributed by atoms with van der Waals surface area (Å²) in [5, 5.41) is 7.97. The van der Waals surface area contributed by atoms with Crippen molar-refractivity contribution >= 4 is 11.5 Å². The number of rotatable bonds is 5. The summed E-state index contributed by atoms with van der Waals surface area (Å²) in [5.74, 6) is 0.890. The van der Waals surface area contributed by atoms with Gasteiger partial charge in [0.05, 0.1) is 11.9 Å². The highest BCUT2D eigenvalue weighted by Gasteiger charge is 2.07. The normalized spacial score (nSPS) is 10.8. The fraction of sp³-hybridized carbons (Fsp3) is 0.250. The number of hydrogen-bond acceptors (Lipinski definition) is 3. The van der Waals surface area contributed by atoms with Crippen molar-refractivity contribution < 1.29 is 0 Å². The minimum Gasteiger partial charge on any atom is -0.369 e. The van der Waals surface area contributed by atoms with Crippen LogP contribution in [-0.2, 0) is 0 Å². The van der Waals surface area contributed by atoms with Gasteiger partial charge in [0.15, 0.2) is 5.65 Å². The van der Waals surface area contributed by atoms with Crippen LogP contribution in [0.1, 0.15) is 19.8 Å². The Morgan fingerprint density at radius 3 is 2.75 bits per heavy atom. The monoisotopic (exact) mass is 266 g/mol. The topological polar surface area (TPSA) is 42.2 Å². The van der Waals surface area contributed by atoms with Crippen LogP contribution in [0.4, 0.5) is 5.82 Å². The van der Waals surface area contributed by atoms with Crippen LogP contribution in [-0.4, -0.2) is 21.1 Å². The average Bonchev–Trinajstić information content (AvgIpc) is 2.91. The van der Waals surface area contributed by atoms with E-state index in [1.807, 2.05) is 41.0 Å². The molecule has 0 unspecified atom stereocenters. The Kier molecular flexibility index (Phi) is 3.63. The first-order valence-electron chi connectivity index (χ1n) is 7.02. The lowest BCUT2D eigenvalue weighted by Crippen LogP contribution is -2.05. The van der Waals surface area contributed by atoms with Gasteiger partial charge in [-0.05, 0) is 18.6 Å². The highest BCUT2D eigenvalue weighted by atomic mass is 15.3. The van der Waals surface area contributed by atoms with E-state index in [1.165, 1.54) is 6.42 Å². The zero-order valence-corrected chi connectivity index (χ0v) is 11.6. The third-order valence-electron chi connectivity index (χ3n) is 3.27.